The van der Waals surface area contributed by atoms with Crippen LogP contribution in [0.3, 0.4) is 0 Å². The molecule has 0 radical (unpaired) electrons. The maximum Gasteiger partial charge on any atom is 0.217 e. The zero-order valence-corrected chi connectivity index (χ0v) is 12.7. The Kier molecular flexibility index (Phi) is 5.25. The highest BCUT2D eigenvalue weighted by molar-refractivity contribution is 7.80. The van der Waals surface area contributed by atoms with Gasteiger partial charge in [-0.3, -0.25) is 9.69 Å². The zero-order chi connectivity index (χ0) is 15.4. The van der Waals surface area contributed by atoms with Crippen molar-refractivity contribution in [1.82, 2.24) is 4.90 Å². The fourth-order valence-electron chi connectivity index (χ4n) is 2.81. The van der Waals surface area contributed by atoms with Gasteiger partial charge in [0.25, 0.3) is 0 Å². The van der Waals surface area contributed by atoms with Gasteiger partial charge in [0.05, 0.1) is 0 Å². The quantitative estimate of drug-likeness (QED) is 0.810. The smallest absolute Gasteiger partial charge is 0.217 e. The summed E-state index contributed by atoms with van der Waals surface area (Å²) >= 11 is 5.01. The van der Waals surface area contributed by atoms with Gasteiger partial charge >= 0.3 is 0 Å². The van der Waals surface area contributed by atoms with E-state index in [0.717, 1.165) is 37.1 Å². The Hall–Kier alpha value is -1.53. The molecule has 1 saturated heterocycles. The van der Waals surface area contributed by atoms with E-state index in [4.69, 9.17) is 23.7 Å². The second-order valence-electron chi connectivity index (χ2n) is 5.56. The fraction of sp³-hybridized carbons (Fsp3) is 0.467. The van der Waals surface area contributed by atoms with Crippen LogP contribution in [0.25, 0.3) is 0 Å². The summed E-state index contributed by atoms with van der Waals surface area (Å²) in [5.74, 6) is -0.163. The number of nitrogens with zero attached hydrogens (tertiary/aromatic N) is 1. The molecule has 0 bridgehead atoms. The molecule has 1 amide bonds. The molecule has 0 spiro atoms. The van der Waals surface area contributed by atoms with E-state index in [2.05, 4.69) is 4.90 Å². The third-order valence-electron chi connectivity index (χ3n) is 3.92. The molecule has 0 unspecified atom stereocenters. The number of hydrogen-bond acceptors (Lipinski definition) is 3. The van der Waals surface area contributed by atoms with Crippen LogP contribution in [0, 0.1) is 11.7 Å². The first kappa shape index (κ1) is 15.9. The highest BCUT2D eigenvalue weighted by Gasteiger charge is 2.21. The lowest BCUT2D eigenvalue weighted by Gasteiger charge is -2.31. The topological polar surface area (TPSA) is 72.4 Å². The number of piperidine rings is 1. The number of hydrogen-bond donors (Lipinski definition) is 2. The lowest BCUT2D eigenvalue weighted by Crippen LogP contribution is -2.35. The molecule has 4 nitrogen and oxygen atoms in total. The minimum atomic E-state index is -0.284. The van der Waals surface area contributed by atoms with E-state index >= 15 is 0 Å². The number of likely N-dealkylation sites (tertiary alicyclic amines) is 1. The summed E-state index contributed by atoms with van der Waals surface area (Å²) in [5.41, 5.74) is 12.5. The second-order valence-corrected chi connectivity index (χ2v) is 6.00. The predicted molar refractivity (Wildman–Crippen MR) is 84.1 cm³/mol. The highest BCUT2D eigenvalue weighted by Crippen LogP contribution is 2.22. The van der Waals surface area contributed by atoms with E-state index in [9.17, 15) is 9.18 Å². The van der Waals surface area contributed by atoms with Crippen LogP contribution in [-0.2, 0) is 11.3 Å². The van der Waals surface area contributed by atoms with Crippen molar-refractivity contribution in [2.45, 2.75) is 25.8 Å². The van der Waals surface area contributed by atoms with Gasteiger partial charge in [0.2, 0.25) is 5.91 Å². The normalized spacial score (nSPS) is 16.8. The molecule has 1 fully saturated rings. The Bertz CT molecular complexity index is 542. The number of primary amides is 1. The minimum absolute atomic E-state index is 0.241. The first-order valence-corrected chi connectivity index (χ1v) is 7.45. The average molecular weight is 309 g/mol. The van der Waals surface area contributed by atoms with Crippen molar-refractivity contribution in [2.75, 3.05) is 13.1 Å². The van der Waals surface area contributed by atoms with Gasteiger partial charge in [-0.25, -0.2) is 4.39 Å². The number of halogens is 1. The number of carbonyl (C=O) groups excluding carboxylic acids is 1. The number of nitrogens with two attached hydrogens (primary N) is 2. The van der Waals surface area contributed by atoms with E-state index in [1.165, 1.54) is 12.1 Å². The first-order chi connectivity index (χ1) is 9.95. The summed E-state index contributed by atoms with van der Waals surface area (Å²) in [6.45, 7) is 2.35. The third kappa shape index (κ3) is 4.47. The van der Waals surface area contributed by atoms with E-state index in [-0.39, 0.29) is 16.7 Å². The molecule has 114 valence electrons. The zero-order valence-electron chi connectivity index (χ0n) is 11.8. The molecule has 0 saturated carbocycles. The third-order valence-corrected chi connectivity index (χ3v) is 4.14. The Morgan fingerprint density at radius 3 is 2.57 bits per heavy atom. The molecule has 0 atom stereocenters. The Morgan fingerprint density at radius 2 is 2.00 bits per heavy atom. The van der Waals surface area contributed by atoms with Gasteiger partial charge in [-0.2, -0.15) is 0 Å². The summed E-state index contributed by atoms with van der Waals surface area (Å²) in [4.78, 5) is 13.5. The van der Waals surface area contributed by atoms with Gasteiger partial charge in [0.1, 0.15) is 10.8 Å². The average Bonchev–Trinajstić information content (AvgIpc) is 2.40. The molecular weight excluding hydrogens is 289 g/mol. The van der Waals surface area contributed by atoms with Crippen LogP contribution in [0.2, 0.25) is 0 Å². The Balaban J connectivity index is 1.99. The molecule has 4 N–H and O–H groups in total. The Morgan fingerprint density at radius 1 is 1.33 bits per heavy atom. The molecule has 1 aromatic carbocycles. The SMILES string of the molecule is NC(=O)CC1CCN(Cc2cc(F)ccc2C(N)=S)CC1. The van der Waals surface area contributed by atoms with E-state index in [1.807, 2.05) is 0 Å². The molecular formula is C15H20FN3OS. The molecule has 1 heterocycles. The predicted octanol–water partition coefficient (Wildman–Crippen LogP) is 1.55. The van der Waals surface area contributed by atoms with Crippen molar-refractivity contribution in [1.29, 1.82) is 0 Å². The van der Waals surface area contributed by atoms with Gasteiger partial charge in [-0.05, 0) is 55.6 Å². The van der Waals surface area contributed by atoms with Gasteiger partial charge in [-0.15, -0.1) is 0 Å². The molecule has 1 aliphatic rings. The van der Waals surface area contributed by atoms with Crippen LogP contribution in [0.15, 0.2) is 18.2 Å². The lowest BCUT2D eigenvalue weighted by atomic mass is 9.93. The molecule has 0 aliphatic carbocycles. The molecule has 21 heavy (non-hydrogen) atoms. The van der Waals surface area contributed by atoms with Crippen molar-refractivity contribution in [3.63, 3.8) is 0 Å². The van der Waals surface area contributed by atoms with E-state index in [1.54, 1.807) is 6.07 Å². The van der Waals surface area contributed by atoms with Gasteiger partial charge in [0.15, 0.2) is 0 Å². The van der Waals surface area contributed by atoms with Crippen molar-refractivity contribution < 1.29 is 9.18 Å². The van der Waals surface area contributed by atoms with Crippen LogP contribution in [0.4, 0.5) is 4.39 Å². The summed E-state index contributed by atoms with van der Waals surface area (Å²) in [5, 5.41) is 0. The van der Waals surface area contributed by atoms with Crippen LogP contribution >= 0.6 is 12.2 Å². The number of benzene rings is 1. The van der Waals surface area contributed by atoms with Gasteiger partial charge in [-0.1, -0.05) is 12.2 Å². The fourth-order valence-corrected chi connectivity index (χ4v) is 3.01. The van der Waals surface area contributed by atoms with Crippen molar-refractivity contribution in [3.05, 3.63) is 35.1 Å². The number of amides is 1. The van der Waals surface area contributed by atoms with Gasteiger partial charge < -0.3 is 11.5 Å². The van der Waals surface area contributed by atoms with Crippen LogP contribution in [0.5, 0.6) is 0 Å². The second kappa shape index (κ2) is 6.95. The maximum absolute atomic E-state index is 13.4. The van der Waals surface area contributed by atoms with Crippen LogP contribution in [0.1, 0.15) is 30.4 Å². The van der Waals surface area contributed by atoms with Crippen molar-refractivity contribution in [3.8, 4) is 0 Å². The van der Waals surface area contributed by atoms with Crippen LogP contribution in [-0.4, -0.2) is 28.9 Å². The standard InChI is InChI=1S/C15H20FN3OS/c16-12-1-2-13(15(18)21)11(8-12)9-19-5-3-10(4-6-19)7-14(17)20/h1-2,8,10H,3-7,9H2,(H2,17,20)(H2,18,21). The van der Waals surface area contributed by atoms with Crippen molar-refractivity contribution >= 4 is 23.1 Å². The number of thiocarbonyl (C=S) groups is 1. The van der Waals surface area contributed by atoms with Gasteiger partial charge in [0, 0.05) is 18.5 Å². The van der Waals surface area contributed by atoms with Crippen molar-refractivity contribution in [2.24, 2.45) is 17.4 Å². The first-order valence-electron chi connectivity index (χ1n) is 7.04. The molecule has 1 aliphatic heterocycles. The summed E-state index contributed by atoms with van der Waals surface area (Å²) in [6.07, 6.45) is 2.31. The number of carbonyl (C=O) groups is 1. The van der Waals surface area contributed by atoms with E-state index < -0.39 is 0 Å². The largest absolute Gasteiger partial charge is 0.389 e. The van der Waals surface area contributed by atoms with E-state index in [0.29, 0.717) is 18.9 Å². The molecule has 0 aromatic heterocycles. The molecule has 1 aromatic rings. The minimum Gasteiger partial charge on any atom is -0.389 e. The molecule has 2 rings (SSSR count). The number of rotatable bonds is 5. The lowest BCUT2D eigenvalue weighted by molar-refractivity contribution is -0.119. The summed E-state index contributed by atoms with van der Waals surface area (Å²) < 4.78 is 13.4. The highest BCUT2D eigenvalue weighted by atomic mass is 32.1. The maximum atomic E-state index is 13.4. The summed E-state index contributed by atoms with van der Waals surface area (Å²) in [7, 11) is 0. The monoisotopic (exact) mass is 309 g/mol. The summed E-state index contributed by atoms with van der Waals surface area (Å²) in [6, 6.07) is 4.49. The Labute approximate surface area is 129 Å². The van der Waals surface area contributed by atoms with Crippen LogP contribution < -0.4 is 11.5 Å². The molecule has 6 heteroatoms.